The van der Waals surface area contributed by atoms with E-state index in [0.29, 0.717) is 0 Å². The molecule has 72 valence electrons. The first-order valence-corrected chi connectivity index (χ1v) is 4.73. The SMILES string of the molecule is OCC1(c2ccco2)CCCNC1. The Bertz CT molecular complexity index is 250. The van der Waals surface area contributed by atoms with Gasteiger partial charge in [0.05, 0.1) is 18.3 Å². The Labute approximate surface area is 77.8 Å². The summed E-state index contributed by atoms with van der Waals surface area (Å²) in [6.07, 6.45) is 3.77. The number of aliphatic hydroxyl groups is 1. The summed E-state index contributed by atoms with van der Waals surface area (Å²) in [4.78, 5) is 0. The van der Waals surface area contributed by atoms with Crippen LogP contribution in [0.25, 0.3) is 0 Å². The predicted octanol–water partition coefficient (Wildman–Crippen LogP) is 0.893. The van der Waals surface area contributed by atoms with Gasteiger partial charge in [0.15, 0.2) is 0 Å². The Morgan fingerprint density at radius 1 is 1.62 bits per heavy atom. The highest BCUT2D eigenvalue weighted by atomic mass is 16.3. The zero-order valence-electron chi connectivity index (χ0n) is 7.62. The Balaban J connectivity index is 2.23. The molecule has 3 nitrogen and oxygen atoms in total. The second-order valence-corrected chi connectivity index (χ2v) is 3.70. The van der Waals surface area contributed by atoms with Crippen molar-refractivity contribution < 1.29 is 9.52 Å². The van der Waals surface area contributed by atoms with Crippen molar-refractivity contribution in [1.29, 1.82) is 0 Å². The van der Waals surface area contributed by atoms with Crippen molar-refractivity contribution in [3.05, 3.63) is 24.2 Å². The summed E-state index contributed by atoms with van der Waals surface area (Å²) in [5.74, 6) is 0.905. The van der Waals surface area contributed by atoms with Gasteiger partial charge in [-0.3, -0.25) is 0 Å². The number of nitrogens with one attached hydrogen (secondary N) is 1. The zero-order chi connectivity index (χ0) is 9.15. The van der Waals surface area contributed by atoms with Crippen LogP contribution >= 0.6 is 0 Å². The zero-order valence-corrected chi connectivity index (χ0v) is 7.62. The van der Waals surface area contributed by atoms with Crippen molar-refractivity contribution >= 4 is 0 Å². The van der Waals surface area contributed by atoms with E-state index in [2.05, 4.69) is 5.32 Å². The molecule has 0 aromatic carbocycles. The van der Waals surface area contributed by atoms with Gasteiger partial charge < -0.3 is 14.8 Å². The summed E-state index contributed by atoms with van der Waals surface area (Å²) < 4.78 is 5.37. The third-order valence-corrected chi connectivity index (χ3v) is 2.82. The maximum atomic E-state index is 9.41. The molecule has 2 N–H and O–H groups in total. The Kier molecular flexibility index (Phi) is 2.38. The first-order chi connectivity index (χ1) is 6.37. The van der Waals surface area contributed by atoms with E-state index in [4.69, 9.17) is 4.42 Å². The summed E-state index contributed by atoms with van der Waals surface area (Å²) in [6, 6.07) is 3.82. The van der Waals surface area contributed by atoms with Crippen LogP contribution in [-0.2, 0) is 5.41 Å². The third kappa shape index (κ3) is 1.49. The van der Waals surface area contributed by atoms with Gasteiger partial charge in [-0.2, -0.15) is 0 Å². The highest BCUT2D eigenvalue weighted by molar-refractivity contribution is 5.16. The van der Waals surface area contributed by atoms with Crippen LogP contribution in [-0.4, -0.2) is 24.8 Å². The first-order valence-electron chi connectivity index (χ1n) is 4.73. The van der Waals surface area contributed by atoms with E-state index in [1.54, 1.807) is 6.26 Å². The highest BCUT2D eigenvalue weighted by Gasteiger charge is 2.35. The summed E-state index contributed by atoms with van der Waals surface area (Å²) in [7, 11) is 0. The van der Waals surface area contributed by atoms with Gasteiger partial charge in [-0.25, -0.2) is 0 Å². The van der Waals surface area contributed by atoms with Crippen LogP contribution in [0.4, 0.5) is 0 Å². The number of hydrogen-bond acceptors (Lipinski definition) is 3. The molecule has 1 aromatic heterocycles. The van der Waals surface area contributed by atoms with Crippen LogP contribution in [0.3, 0.4) is 0 Å². The van der Waals surface area contributed by atoms with Gasteiger partial charge >= 0.3 is 0 Å². The Morgan fingerprint density at radius 3 is 3.08 bits per heavy atom. The summed E-state index contributed by atoms with van der Waals surface area (Å²) in [5.41, 5.74) is -0.179. The van der Waals surface area contributed by atoms with Crippen molar-refractivity contribution in [1.82, 2.24) is 5.32 Å². The number of rotatable bonds is 2. The monoisotopic (exact) mass is 181 g/mol. The smallest absolute Gasteiger partial charge is 0.113 e. The summed E-state index contributed by atoms with van der Waals surface area (Å²) in [5, 5.41) is 12.7. The Morgan fingerprint density at radius 2 is 2.54 bits per heavy atom. The van der Waals surface area contributed by atoms with E-state index in [1.807, 2.05) is 12.1 Å². The average molecular weight is 181 g/mol. The minimum Gasteiger partial charge on any atom is -0.469 e. The maximum Gasteiger partial charge on any atom is 0.113 e. The molecule has 0 aliphatic carbocycles. The van der Waals surface area contributed by atoms with Gasteiger partial charge in [-0.1, -0.05) is 0 Å². The van der Waals surface area contributed by atoms with Crippen LogP contribution < -0.4 is 5.32 Å². The molecule has 1 aromatic rings. The molecule has 0 saturated carbocycles. The number of hydrogen-bond donors (Lipinski definition) is 2. The largest absolute Gasteiger partial charge is 0.469 e. The lowest BCUT2D eigenvalue weighted by Crippen LogP contribution is -2.45. The first kappa shape index (κ1) is 8.78. The van der Waals surface area contributed by atoms with Crippen LogP contribution in [0.5, 0.6) is 0 Å². The predicted molar refractivity (Wildman–Crippen MR) is 49.6 cm³/mol. The molecule has 1 saturated heterocycles. The lowest BCUT2D eigenvalue weighted by molar-refractivity contribution is 0.141. The molecule has 0 spiro atoms. The van der Waals surface area contributed by atoms with Crippen molar-refractivity contribution in [3.63, 3.8) is 0 Å². The topological polar surface area (TPSA) is 45.4 Å². The number of piperidine rings is 1. The quantitative estimate of drug-likeness (QED) is 0.712. The fourth-order valence-electron chi connectivity index (χ4n) is 1.97. The molecule has 0 bridgehead atoms. The van der Waals surface area contributed by atoms with Gasteiger partial charge in [-0.15, -0.1) is 0 Å². The van der Waals surface area contributed by atoms with Crippen molar-refractivity contribution in [2.45, 2.75) is 18.3 Å². The maximum absolute atomic E-state index is 9.41. The lowest BCUT2D eigenvalue weighted by atomic mass is 9.79. The fraction of sp³-hybridized carbons (Fsp3) is 0.600. The van der Waals surface area contributed by atoms with E-state index >= 15 is 0 Å². The van der Waals surface area contributed by atoms with Crippen LogP contribution in [0, 0.1) is 0 Å². The molecular formula is C10H15NO2. The third-order valence-electron chi connectivity index (χ3n) is 2.82. The molecular weight excluding hydrogens is 166 g/mol. The molecule has 1 unspecified atom stereocenters. The van der Waals surface area contributed by atoms with E-state index in [1.165, 1.54) is 0 Å². The van der Waals surface area contributed by atoms with Gasteiger partial charge in [0, 0.05) is 6.54 Å². The van der Waals surface area contributed by atoms with E-state index in [9.17, 15) is 5.11 Å². The molecule has 1 atom stereocenters. The molecule has 2 rings (SSSR count). The molecule has 1 fully saturated rings. The van der Waals surface area contributed by atoms with E-state index < -0.39 is 0 Å². The number of aliphatic hydroxyl groups excluding tert-OH is 1. The summed E-state index contributed by atoms with van der Waals surface area (Å²) >= 11 is 0. The van der Waals surface area contributed by atoms with Crippen molar-refractivity contribution in [3.8, 4) is 0 Å². The number of furan rings is 1. The van der Waals surface area contributed by atoms with Crippen molar-refractivity contribution in [2.75, 3.05) is 19.7 Å². The van der Waals surface area contributed by atoms with Crippen molar-refractivity contribution in [2.24, 2.45) is 0 Å². The van der Waals surface area contributed by atoms with E-state index in [0.717, 1.165) is 31.7 Å². The van der Waals surface area contributed by atoms with Gasteiger partial charge in [0.1, 0.15) is 5.76 Å². The molecule has 1 aliphatic rings. The second-order valence-electron chi connectivity index (χ2n) is 3.70. The van der Waals surface area contributed by atoms with Gasteiger partial charge in [-0.05, 0) is 31.5 Å². The minimum atomic E-state index is -0.179. The Hall–Kier alpha value is -0.800. The molecule has 2 heterocycles. The minimum absolute atomic E-state index is 0.160. The lowest BCUT2D eigenvalue weighted by Gasteiger charge is -2.34. The van der Waals surface area contributed by atoms with Crippen LogP contribution in [0.1, 0.15) is 18.6 Å². The molecule has 0 amide bonds. The highest BCUT2D eigenvalue weighted by Crippen LogP contribution is 2.30. The van der Waals surface area contributed by atoms with Gasteiger partial charge in [0.25, 0.3) is 0 Å². The normalized spacial score (nSPS) is 29.0. The average Bonchev–Trinajstić information content (AvgIpc) is 2.72. The standard InChI is InChI=1S/C10H15NO2/c12-8-10(4-2-5-11-7-10)9-3-1-6-13-9/h1,3,6,11-12H,2,4-5,7-8H2. The molecule has 1 aliphatic heterocycles. The molecule has 13 heavy (non-hydrogen) atoms. The fourth-order valence-corrected chi connectivity index (χ4v) is 1.97. The second kappa shape index (κ2) is 3.52. The van der Waals surface area contributed by atoms with Crippen LogP contribution in [0.2, 0.25) is 0 Å². The summed E-state index contributed by atoms with van der Waals surface area (Å²) in [6.45, 7) is 2.02. The molecule has 0 radical (unpaired) electrons. The van der Waals surface area contributed by atoms with Gasteiger partial charge in [0.2, 0.25) is 0 Å². The van der Waals surface area contributed by atoms with Crippen LogP contribution in [0.15, 0.2) is 22.8 Å². The van der Waals surface area contributed by atoms with E-state index in [-0.39, 0.29) is 12.0 Å². The molecule has 3 heteroatoms.